The molecule has 0 aromatic heterocycles. The summed E-state index contributed by atoms with van der Waals surface area (Å²) in [7, 11) is 0. The molecule has 9 nitrogen and oxygen atoms in total. The van der Waals surface area contributed by atoms with Gasteiger partial charge in [-0.1, -0.05) is 47.5 Å². The Hall–Kier alpha value is -4.29. The Morgan fingerprint density at radius 1 is 0.977 bits per heavy atom. The van der Waals surface area contributed by atoms with Gasteiger partial charge in [-0.15, -0.1) is 0 Å². The minimum Gasteiger partial charge on any atom is -0.492 e. The first kappa shape index (κ1) is 33.2. The first-order valence-corrected chi connectivity index (χ1v) is 13.6. The molecule has 0 atom stereocenters. The number of aryl methyl sites for hydroxylation is 1. The van der Waals surface area contributed by atoms with Crippen LogP contribution in [-0.2, 0) is 11.3 Å². The monoisotopic (exact) mass is 620 g/mol. The molecule has 3 aromatic carbocycles. The maximum Gasteiger partial charge on any atom is 0.490 e. The zero-order chi connectivity index (χ0) is 31.4. The number of aliphatic imine (C=N–C) groups is 1. The lowest BCUT2D eigenvalue weighted by Crippen LogP contribution is -2.51. The number of piperazine rings is 1. The van der Waals surface area contributed by atoms with Crippen LogP contribution in [0.25, 0.3) is 0 Å². The molecule has 3 aromatic rings. The van der Waals surface area contributed by atoms with E-state index in [9.17, 15) is 23.1 Å². The second-order valence-electron chi connectivity index (χ2n) is 9.57. The lowest BCUT2D eigenvalue weighted by atomic mass is 10.1. The molecule has 0 amide bonds. The number of hydrogen-bond donors (Lipinski definition) is 3. The molecule has 13 heteroatoms. The highest BCUT2D eigenvalue weighted by Gasteiger charge is 2.38. The van der Waals surface area contributed by atoms with Crippen LogP contribution in [0.2, 0.25) is 5.02 Å². The quantitative estimate of drug-likeness (QED) is 0.219. The number of aliphatic carboxylic acids is 1. The van der Waals surface area contributed by atoms with E-state index in [0.717, 1.165) is 50.0 Å². The van der Waals surface area contributed by atoms with Crippen LogP contribution in [0.1, 0.15) is 21.5 Å². The van der Waals surface area contributed by atoms with Crippen molar-refractivity contribution >= 4 is 35.2 Å². The molecule has 0 radical (unpaired) electrons. The summed E-state index contributed by atoms with van der Waals surface area (Å²) in [4.78, 5) is 29.8. The number of hydrogen-bond acceptors (Lipinski definition) is 5. The number of anilines is 1. The summed E-state index contributed by atoms with van der Waals surface area (Å²) < 4.78 is 37.6. The highest BCUT2D eigenvalue weighted by atomic mass is 35.5. The third kappa shape index (κ3) is 11.5. The third-order valence-electron chi connectivity index (χ3n) is 6.30. The van der Waals surface area contributed by atoms with Crippen molar-refractivity contribution in [3.05, 3.63) is 94.5 Å². The average molecular weight is 621 g/mol. The summed E-state index contributed by atoms with van der Waals surface area (Å²) in [5.41, 5.74) is 3.28. The van der Waals surface area contributed by atoms with E-state index in [1.165, 1.54) is 5.56 Å². The number of nitrogens with zero attached hydrogens (tertiary/aromatic N) is 3. The maximum atomic E-state index is 11.4. The minimum atomic E-state index is -5.08. The van der Waals surface area contributed by atoms with Crippen LogP contribution in [0, 0.1) is 6.92 Å². The van der Waals surface area contributed by atoms with Crippen LogP contribution in [0.15, 0.2) is 77.8 Å². The molecule has 1 fully saturated rings. The van der Waals surface area contributed by atoms with Crippen LogP contribution in [0.3, 0.4) is 0 Å². The second kappa shape index (κ2) is 15.8. The van der Waals surface area contributed by atoms with Crippen molar-refractivity contribution in [2.45, 2.75) is 19.6 Å². The van der Waals surface area contributed by atoms with Crippen molar-refractivity contribution in [3.63, 3.8) is 0 Å². The lowest BCUT2D eigenvalue weighted by molar-refractivity contribution is -0.192. The molecule has 0 bridgehead atoms. The van der Waals surface area contributed by atoms with Crippen molar-refractivity contribution in [1.29, 1.82) is 0 Å². The number of carbonyl (C=O) groups is 2. The van der Waals surface area contributed by atoms with Gasteiger partial charge >= 0.3 is 18.1 Å². The average Bonchev–Trinajstić information content (AvgIpc) is 2.97. The molecular weight excluding hydrogens is 589 g/mol. The highest BCUT2D eigenvalue weighted by Crippen LogP contribution is 2.17. The zero-order valence-corrected chi connectivity index (χ0v) is 24.1. The molecule has 0 spiro atoms. The summed E-state index contributed by atoms with van der Waals surface area (Å²) in [5, 5.41) is 20.6. The van der Waals surface area contributed by atoms with Crippen molar-refractivity contribution in [1.82, 2.24) is 9.80 Å². The number of ether oxygens (including phenoxy) is 1. The fraction of sp³-hybridized carbons (Fsp3) is 0.300. The van der Waals surface area contributed by atoms with Gasteiger partial charge in [-0.3, -0.25) is 4.90 Å². The minimum absolute atomic E-state index is 0.239. The Bertz CT molecular complexity index is 1380. The van der Waals surface area contributed by atoms with Gasteiger partial charge in [0.2, 0.25) is 0 Å². The Morgan fingerprint density at radius 3 is 2.19 bits per heavy atom. The van der Waals surface area contributed by atoms with Crippen molar-refractivity contribution in [3.8, 4) is 5.75 Å². The maximum absolute atomic E-state index is 11.4. The molecule has 1 saturated heterocycles. The first-order valence-electron chi connectivity index (χ1n) is 13.3. The van der Waals surface area contributed by atoms with Crippen LogP contribution in [0.5, 0.6) is 5.75 Å². The predicted octanol–water partition coefficient (Wildman–Crippen LogP) is 5.64. The Kier molecular flexibility index (Phi) is 12.2. The van der Waals surface area contributed by atoms with E-state index < -0.39 is 18.1 Å². The number of rotatable bonds is 8. The van der Waals surface area contributed by atoms with Crippen LogP contribution in [0.4, 0.5) is 18.9 Å². The summed E-state index contributed by atoms with van der Waals surface area (Å²) in [5.74, 6) is -2.15. The van der Waals surface area contributed by atoms with Gasteiger partial charge in [-0.25, -0.2) is 14.6 Å². The van der Waals surface area contributed by atoms with E-state index in [-0.39, 0.29) is 5.56 Å². The van der Waals surface area contributed by atoms with Crippen LogP contribution >= 0.6 is 11.6 Å². The van der Waals surface area contributed by atoms with Gasteiger partial charge in [0.05, 0.1) is 12.1 Å². The number of guanidine groups is 1. The SMILES string of the molecule is Cc1ccc(CN=C(Nc2cccc(C(=O)O)c2)N2CCN(CCOc3ccc(Cl)cc3)CC2)cc1.O=C(O)C(F)(F)F. The van der Waals surface area contributed by atoms with E-state index in [1.54, 1.807) is 18.2 Å². The van der Waals surface area contributed by atoms with E-state index >= 15 is 0 Å². The molecule has 230 valence electrons. The third-order valence-corrected chi connectivity index (χ3v) is 6.55. The number of nitrogens with one attached hydrogen (secondary N) is 1. The molecule has 1 heterocycles. The fourth-order valence-corrected chi connectivity index (χ4v) is 4.07. The van der Waals surface area contributed by atoms with Gasteiger partial charge < -0.3 is 25.2 Å². The summed E-state index contributed by atoms with van der Waals surface area (Å²) in [6.45, 7) is 7.41. The Labute approximate surface area is 252 Å². The number of benzene rings is 3. The summed E-state index contributed by atoms with van der Waals surface area (Å²) in [6, 6.07) is 22.6. The number of aromatic carboxylic acids is 1. The van der Waals surface area contributed by atoms with Gasteiger partial charge in [0.1, 0.15) is 12.4 Å². The topological polar surface area (TPSA) is 115 Å². The molecule has 1 aliphatic heterocycles. The van der Waals surface area contributed by atoms with Crippen LogP contribution < -0.4 is 10.1 Å². The van der Waals surface area contributed by atoms with Gasteiger partial charge in [-0.2, -0.15) is 13.2 Å². The number of alkyl halides is 3. The van der Waals surface area contributed by atoms with Crippen molar-refractivity contribution in [2.24, 2.45) is 4.99 Å². The summed E-state index contributed by atoms with van der Waals surface area (Å²) >= 11 is 5.93. The number of halogens is 4. The molecule has 3 N–H and O–H groups in total. The largest absolute Gasteiger partial charge is 0.492 e. The van der Waals surface area contributed by atoms with Crippen molar-refractivity contribution < 1.29 is 37.7 Å². The van der Waals surface area contributed by atoms with Crippen LogP contribution in [-0.4, -0.2) is 83.4 Å². The summed E-state index contributed by atoms with van der Waals surface area (Å²) in [6.07, 6.45) is -5.08. The molecule has 0 saturated carbocycles. The van der Waals surface area contributed by atoms with E-state index in [0.29, 0.717) is 23.9 Å². The van der Waals surface area contributed by atoms with E-state index in [4.69, 9.17) is 31.2 Å². The molecule has 1 aliphatic rings. The van der Waals surface area contributed by atoms with E-state index in [2.05, 4.69) is 46.3 Å². The standard InChI is InChI=1S/C28H31ClN4O3.C2HF3O2/c1-21-5-7-22(8-6-21)20-30-28(31-25-4-2-3-23(19-25)27(34)35)33-15-13-32(14-16-33)17-18-36-26-11-9-24(29)10-12-26;3-2(4,5)1(6)7/h2-12,19H,13-18,20H2,1H3,(H,30,31)(H,34,35);(H,6,7). The molecule has 4 rings (SSSR count). The molecule has 0 unspecified atom stereocenters. The van der Waals surface area contributed by atoms with Gasteiger partial charge in [0.15, 0.2) is 5.96 Å². The number of carboxylic acid groups (broad SMARTS) is 2. The van der Waals surface area contributed by atoms with E-state index in [1.807, 2.05) is 30.3 Å². The zero-order valence-electron chi connectivity index (χ0n) is 23.4. The molecule has 0 aliphatic carbocycles. The molecule has 43 heavy (non-hydrogen) atoms. The normalized spacial score (nSPS) is 14.0. The fourth-order valence-electron chi connectivity index (χ4n) is 3.94. The Morgan fingerprint density at radius 2 is 1.60 bits per heavy atom. The second-order valence-corrected chi connectivity index (χ2v) is 10.0. The van der Waals surface area contributed by atoms with Gasteiger partial charge in [-0.05, 0) is 55.0 Å². The number of carboxylic acids is 2. The predicted molar refractivity (Wildman–Crippen MR) is 158 cm³/mol. The lowest BCUT2D eigenvalue weighted by Gasteiger charge is -2.36. The Balaban J connectivity index is 0.000000646. The van der Waals surface area contributed by atoms with Crippen molar-refractivity contribution in [2.75, 3.05) is 44.6 Å². The first-order chi connectivity index (χ1) is 20.4. The smallest absolute Gasteiger partial charge is 0.490 e. The van der Waals surface area contributed by atoms with Gasteiger partial charge in [0.25, 0.3) is 0 Å². The highest BCUT2D eigenvalue weighted by molar-refractivity contribution is 6.30. The molecular formula is C30H32ClF3N4O5. The van der Waals surface area contributed by atoms with Gasteiger partial charge in [0, 0.05) is 43.4 Å².